The number of benzene rings is 1. The lowest BCUT2D eigenvalue weighted by molar-refractivity contribution is -0.384. The number of nitriles is 1. The average molecular weight is 268 g/mol. The SMILES string of the molecule is Cc1ccccc1CNc1nccc(C#N)c1[N+](=O)[O-]. The maximum Gasteiger partial charge on any atom is 0.328 e. The highest BCUT2D eigenvalue weighted by atomic mass is 16.6. The van der Waals surface area contributed by atoms with Gasteiger partial charge in [0.05, 0.1) is 4.92 Å². The lowest BCUT2D eigenvalue weighted by Gasteiger charge is -2.08. The van der Waals surface area contributed by atoms with E-state index in [1.54, 1.807) is 6.07 Å². The van der Waals surface area contributed by atoms with E-state index in [4.69, 9.17) is 5.26 Å². The fourth-order valence-electron chi connectivity index (χ4n) is 1.85. The van der Waals surface area contributed by atoms with E-state index in [9.17, 15) is 10.1 Å². The van der Waals surface area contributed by atoms with Crippen molar-refractivity contribution in [3.63, 3.8) is 0 Å². The second-order valence-electron chi connectivity index (χ2n) is 4.20. The van der Waals surface area contributed by atoms with Crippen molar-refractivity contribution in [3.05, 3.63) is 63.3 Å². The second-order valence-corrected chi connectivity index (χ2v) is 4.20. The first kappa shape index (κ1) is 13.5. The zero-order chi connectivity index (χ0) is 14.5. The van der Waals surface area contributed by atoms with Crippen molar-refractivity contribution >= 4 is 11.5 Å². The number of nitrogens with one attached hydrogen (secondary N) is 1. The van der Waals surface area contributed by atoms with Crippen LogP contribution in [0.3, 0.4) is 0 Å². The van der Waals surface area contributed by atoms with Crippen molar-refractivity contribution in [1.29, 1.82) is 5.26 Å². The molecule has 6 heteroatoms. The minimum Gasteiger partial charge on any atom is -0.360 e. The van der Waals surface area contributed by atoms with Crippen LogP contribution in [0.4, 0.5) is 11.5 Å². The molecule has 0 spiro atoms. The molecule has 0 bridgehead atoms. The number of nitrogens with zero attached hydrogens (tertiary/aromatic N) is 3. The Bertz CT molecular complexity index is 692. The zero-order valence-electron chi connectivity index (χ0n) is 10.8. The van der Waals surface area contributed by atoms with Crippen molar-refractivity contribution in [2.75, 3.05) is 5.32 Å². The molecule has 6 nitrogen and oxygen atoms in total. The van der Waals surface area contributed by atoms with Crippen molar-refractivity contribution in [1.82, 2.24) is 4.98 Å². The Morgan fingerprint density at radius 2 is 2.15 bits per heavy atom. The van der Waals surface area contributed by atoms with Crippen LogP contribution in [0.15, 0.2) is 36.5 Å². The first-order chi connectivity index (χ1) is 9.63. The molecule has 100 valence electrons. The third-order valence-electron chi connectivity index (χ3n) is 2.93. The molecule has 1 aromatic carbocycles. The molecule has 0 aliphatic heterocycles. The van der Waals surface area contributed by atoms with E-state index < -0.39 is 4.92 Å². The number of aromatic nitrogens is 1. The Labute approximate surface area is 115 Å². The predicted octanol–water partition coefficient (Wildman–Crippen LogP) is 2.78. The van der Waals surface area contributed by atoms with Crippen molar-refractivity contribution in [2.45, 2.75) is 13.5 Å². The van der Waals surface area contributed by atoms with Crippen LogP contribution in [0.5, 0.6) is 0 Å². The van der Waals surface area contributed by atoms with E-state index in [0.29, 0.717) is 6.54 Å². The highest BCUT2D eigenvalue weighted by Gasteiger charge is 2.20. The van der Waals surface area contributed by atoms with Crippen LogP contribution >= 0.6 is 0 Å². The smallest absolute Gasteiger partial charge is 0.328 e. The summed E-state index contributed by atoms with van der Waals surface area (Å²) >= 11 is 0. The summed E-state index contributed by atoms with van der Waals surface area (Å²) in [7, 11) is 0. The molecule has 0 fully saturated rings. The van der Waals surface area contributed by atoms with Crippen LogP contribution in [-0.2, 0) is 6.54 Å². The van der Waals surface area contributed by atoms with Gasteiger partial charge in [-0.05, 0) is 24.1 Å². The first-order valence-corrected chi connectivity index (χ1v) is 5.95. The molecule has 1 heterocycles. The molecule has 20 heavy (non-hydrogen) atoms. The van der Waals surface area contributed by atoms with Gasteiger partial charge in [-0.25, -0.2) is 4.98 Å². The number of nitro groups is 1. The Morgan fingerprint density at radius 3 is 2.80 bits per heavy atom. The van der Waals surface area contributed by atoms with Crippen LogP contribution in [0.1, 0.15) is 16.7 Å². The molecule has 0 atom stereocenters. The lowest BCUT2D eigenvalue weighted by Crippen LogP contribution is -2.06. The highest BCUT2D eigenvalue weighted by Crippen LogP contribution is 2.26. The normalized spacial score (nSPS) is 9.80. The number of pyridine rings is 1. The minimum atomic E-state index is -0.592. The molecule has 0 unspecified atom stereocenters. The van der Waals surface area contributed by atoms with Gasteiger partial charge >= 0.3 is 5.69 Å². The monoisotopic (exact) mass is 268 g/mol. The Kier molecular flexibility index (Phi) is 3.91. The predicted molar refractivity (Wildman–Crippen MR) is 74.1 cm³/mol. The van der Waals surface area contributed by atoms with E-state index in [2.05, 4.69) is 10.3 Å². The van der Waals surface area contributed by atoms with Crippen LogP contribution in [0.2, 0.25) is 0 Å². The number of rotatable bonds is 4. The standard InChI is InChI=1S/C14H12N4O2/c1-10-4-2-3-5-12(10)9-17-14-13(18(19)20)11(8-15)6-7-16-14/h2-7H,9H2,1H3,(H,16,17). The largest absolute Gasteiger partial charge is 0.360 e. The number of aryl methyl sites for hydroxylation is 1. The summed E-state index contributed by atoms with van der Waals surface area (Å²) in [4.78, 5) is 14.4. The Morgan fingerprint density at radius 1 is 1.40 bits per heavy atom. The van der Waals surface area contributed by atoms with Gasteiger partial charge in [-0.15, -0.1) is 0 Å². The summed E-state index contributed by atoms with van der Waals surface area (Å²) in [6, 6.07) is 10.9. The van der Waals surface area contributed by atoms with Gasteiger partial charge in [-0.2, -0.15) is 5.26 Å². The van der Waals surface area contributed by atoms with E-state index in [0.717, 1.165) is 11.1 Å². The maximum atomic E-state index is 11.1. The summed E-state index contributed by atoms with van der Waals surface area (Å²) in [6.07, 6.45) is 1.38. The van der Waals surface area contributed by atoms with Crippen LogP contribution < -0.4 is 5.32 Å². The van der Waals surface area contributed by atoms with Crippen LogP contribution in [0.25, 0.3) is 0 Å². The molecule has 2 aromatic rings. The second kappa shape index (κ2) is 5.80. The van der Waals surface area contributed by atoms with Gasteiger partial charge in [0.15, 0.2) is 0 Å². The minimum absolute atomic E-state index is 0.00252. The maximum absolute atomic E-state index is 11.1. The molecule has 1 aromatic heterocycles. The summed E-state index contributed by atoms with van der Waals surface area (Å²) < 4.78 is 0. The fraction of sp³-hybridized carbons (Fsp3) is 0.143. The third kappa shape index (κ3) is 2.72. The van der Waals surface area contributed by atoms with Crippen molar-refractivity contribution in [2.24, 2.45) is 0 Å². The van der Waals surface area contributed by atoms with Crippen molar-refractivity contribution in [3.8, 4) is 6.07 Å². The van der Waals surface area contributed by atoms with E-state index in [-0.39, 0.29) is 17.1 Å². The molecule has 0 saturated carbocycles. The summed E-state index contributed by atoms with van der Waals surface area (Å²) in [5.74, 6) is 0.109. The molecular weight excluding hydrogens is 256 g/mol. The van der Waals surface area contributed by atoms with Gasteiger partial charge in [0.2, 0.25) is 5.82 Å². The Hall–Kier alpha value is -2.94. The molecule has 0 aliphatic carbocycles. The first-order valence-electron chi connectivity index (χ1n) is 5.95. The number of anilines is 1. The summed E-state index contributed by atoms with van der Waals surface area (Å²) in [5, 5.41) is 22.9. The summed E-state index contributed by atoms with van der Waals surface area (Å²) in [6.45, 7) is 2.37. The number of hydrogen-bond acceptors (Lipinski definition) is 5. The number of hydrogen-bond donors (Lipinski definition) is 1. The van der Waals surface area contributed by atoms with Gasteiger partial charge in [-0.1, -0.05) is 24.3 Å². The van der Waals surface area contributed by atoms with E-state index >= 15 is 0 Å². The zero-order valence-corrected chi connectivity index (χ0v) is 10.8. The van der Waals surface area contributed by atoms with E-state index in [1.807, 2.05) is 31.2 Å². The third-order valence-corrected chi connectivity index (χ3v) is 2.93. The molecule has 2 rings (SSSR count). The Balaban J connectivity index is 2.29. The average Bonchev–Trinajstić information content (AvgIpc) is 2.45. The molecule has 0 saturated heterocycles. The molecule has 0 amide bonds. The van der Waals surface area contributed by atoms with Gasteiger partial charge in [0.25, 0.3) is 0 Å². The highest BCUT2D eigenvalue weighted by molar-refractivity contribution is 5.64. The molecule has 0 aliphatic rings. The van der Waals surface area contributed by atoms with E-state index in [1.165, 1.54) is 12.3 Å². The van der Waals surface area contributed by atoms with Crippen molar-refractivity contribution < 1.29 is 4.92 Å². The van der Waals surface area contributed by atoms with Gasteiger partial charge in [-0.3, -0.25) is 10.1 Å². The van der Waals surface area contributed by atoms with Gasteiger partial charge in [0.1, 0.15) is 11.6 Å². The topological polar surface area (TPSA) is 91.8 Å². The van der Waals surface area contributed by atoms with Crippen LogP contribution in [-0.4, -0.2) is 9.91 Å². The van der Waals surface area contributed by atoms with Gasteiger partial charge < -0.3 is 5.32 Å². The quantitative estimate of drug-likeness (QED) is 0.680. The lowest BCUT2D eigenvalue weighted by atomic mass is 10.1. The van der Waals surface area contributed by atoms with Gasteiger partial charge in [0, 0.05) is 12.7 Å². The summed E-state index contributed by atoms with van der Waals surface area (Å²) in [5.41, 5.74) is 1.81. The molecular formula is C14H12N4O2. The molecule has 1 N–H and O–H groups in total. The molecule has 0 radical (unpaired) electrons. The van der Waals surface area contributed by atoms with Crippen LogP contribution in [0, 0.1) is 28.4 Å². The fourth-order valence-corrected chi connectivity index (χ4v) is 1.85.